The van der Waals surface area contributed by atoms with Crippen LogP contribution in [0.1, 0.15) is 157 Å². The molecule has 0 aromatic carbocycles. The molecule has 458 valence electrons. The molecule has 0 saturated heterocycles. The number of aliphatic hydroxyl groups excluding tert-OH is 1. The Balaban J connectivity index is -0.000000347. The van der Waals surface area contributed by atoms with Crippen molar-refractivity contribution >= 4 is 193 Å². The maximum atomic E-state index is 12.3. The normalized spacial score (nSPS) is 10.9. The average Bonchev–Trinajstić information content (AvgIpc) is 3.30. The van der Waals surface area contributed by atoms with Crippen molar-refractivity contribution in [1.29, 1.82) is 0 Å². The van der Waals surface area contributed by atoms with Crippen molar-refractivity contribution < 1.29 is 74.4 Å². The molecule has 0 radical (unpaired) electrons. The third kappa shape index (κ3) is 74.5. The molecule has 0 aliphatic rings. The van der Waals surface area contributed by atoms with E-state index in [4.69, 9.17) is 29.2 Å². The molecule has 0 heterocycles. The number of carboxylic acids is 3. The second kappa shape index (κ2) is 76.6. The SMILES string of the molecule is C.O=C(O)CCCCCCCCCCCCCCCCC(=O)N[C@@H](CCC(=O)CCCOCCOCC(=O)NCCOCCOCC(=O)NCCCC[C@@H](C(=O)O)C(S)SS)C(=O)O.OCS.S.S.S.S.S.S.SS.[HH]. The van der Waals surface area contributed by atoms with Gasteiger partial charge >= 0.3 is 17.9 Å². The Hall–Kier alpha value is 0.490. The van der Waals surface area contributed by atoms with Crippen LogP contribution in [0.15, 0.2) is 0 Å². The van der Waals surface area contributed by atoms with Crippen LogP contribution in [0.2, 0.25) is 0 Å². The average molecular weight is 1310 g/mol. The van der Waals surface area contributed by atoms with Gasteiger partial charge in [0.2, 0.25) is 17.7 Å². The molecule has 0 aliphatic heterocycles. The third-order valence-electron chi connectivity index (χ3n) is 9.95. The first kappa shape index (κ1) is 97.7. The molecule has 30 heteroatoms. The molecule has 0 aliphatic carbocycles. The molecule has 1 unspecified atom stereocenters. The van der Waals surface area contributed by atoms with Crippen LogP contribution >= 0.6 is 152 Å². The fourth-order valence-corrected chi connectivity index (χ4v) is 7.44. The van der Waals surface area contributed by atoms with Gasteiger partial charge in [-0.2, -0.15) is 106 Å². The highest BCUT2D eigenvalue weighted by Crippen LogP contribution is 2.29. The smallest absolute Gasteiger partial charge is 0.326 e. The number of Topliss-reactive ketones (excluding diaryl/α,β-unsaturated/α-hetero) is 1. The summed E-state index contributed by atoms with van der Waals surface area (Å²) in [6.07, 6.45) is 18.0. The summed E-state index contributed by atoms with van der Waals surface area (Å²) in [6, 6.07) is -1.11. The van der Waals surface area contributed by atoms with Gasteiger partial charge in [-0.05, 0) is 38.5 Å². The summed E-state index contributed by atoms with van der Waals surface area (Å²) < 4.78 is 21.0. The fraction of sp³-hybridized carbons (Fsp3) is 0.844. The number of aliphatic hydroxyl groups is 1. The Morgan fingerprint density at radius 1 is 0.493 bits per heavy atom. The van der Waals surface area contributed by atoms with Gasteiger partial charge in [0, 0.05) is 46.8 Å². The van der Waals surface area contributed by atoms with Crippen LogP contribution < -0.4 is 16.0 Å². The van der Waals surface area contributed by atoms with Gasteiger partial charge in [0.25, 0.3) is 0 Å². The minimum Gasteiger partial charge on any atom is -0.481 e. The topological polar surface area (TPSA) is 273 Å². The van der Waals surface area contributed by atoms with E-state index >= 15 is 0 Å². The van der Waals surface area contributed by atoms with E-state index in [9.17, 15) is 43.8 Å². The summed E-state index contributed by atoms with van der Waals surface area (Å²) in [5.41, 5.74) is 0. The number of ether oxygens (including phenoxy) is 4. The molecule has 0 saturated carbocycles. The number of carbonyl (C=O) groups excluding carboxylic acids is 4. The van der Waals surface area contributed by atoms with Gasteiger partial charge in [0.1, 0.15) is 25.0 Å². The monoisotopic (exact) mass is 1310 g/mol. The fourth-order valence-electron chi connectivity index (χ4n) is 6.32. The van der Waals surface area contributed by atoms with E-state index in [-0.39, 0.29) is 204 Å². The maximum absolute atomic E-state index is 12.3. The molecule has 0 aromatic rings. The van der Waals surface area contributed by atoms with Gasteiger partial charge in [0.05, 0.1) is 49.5 Å². The van der Waals surface area contributed by atoms with Crippen LogP contribution in [-0.4, -0.2) is 144 Å². The van der Waals surface area contributed by atoms with Crippen molar-refractivity contribution in [2.45, 2.75) is 166 Å². The molecule has 3 amide bonds. The Kier molecular flexibility index (Phi) is 99.7. The number of nitrogens with one attached hydrogen (secondary N) is 3. The molecule has 7 N–H and O–H groups in total. The molecule has 0 rings (SSSR count). The van der Waals surface area contributed by atoms with E-state index in [0.29, 0.717) is 45.3 Å². The van der Waals surface area contributed by atoms with Crippen molar-refractivity contribution in [1.82, 2.24) is 16.0 Å². The van der Waals surface area contributed by atoms with Crippen LogP contribution in [-0.2, 0) is 52.5 Å². The van der Waals surface area contributed by atoms with Gasteiger partial charge < -0.3 is 55.3 Å². The first-order valence-electron chi connectivity index (χ1n) is 23.5. The van der Waals surface area contributed by atoms with Crippen molar-refractivity contribution in [3.8, 4) is 0 Å². The molecule has 75 heavy (non-hydrogen) atoms. The van der Waals surface area contributed by atoms with Gasteiger partial charge in [-0.1, -0.05) is 102 Å². The zero-order chi connectivity index (χ0) is 51.5. The minimum absolute atomic E-state index is 0. The first-order valence-corrected chi connectivity index (χ1v) is 28.2. The summed E-state index contributed by atoms with van der Waals surface area (Å²) in [5.74, 6) is -4.49. The molecular weight excluding hydrogens is 1210 g/mol. The summed E-state index contributed by atoms with van der Waals surface area (Å²) in [4.78, 5) is 81.9. The molecule has 3 atom stereocenters. The van der Waals surface area contributed by atoms with Crippen LogP contribution in [0.4, 0.5) is 0 Å². The summed E-state index contributed by atoms with van der Waals surface area (Å²) in [5, 5.41) is 42.8. The third-order valence-corrected chi connectivity index (χ3v) is 12.3. The Bertz CT molecular complexity index is 1310. The lowest BCUT2D eigenvalue weighted by atomic mass is 10.0. The first-order chi connectivity index (χ1) is 32.8. The lowest BCUT2D eigenvalue weighted by Crippen LogP contribution is -2.41. The van der Waals surface area contributed by atoms with E-state index in [1.165, 1.54) is 44.9 Å². The van der Waals surface area contributed by atoms with Crippen molar-refractivity contribution in [2.24, 2.45) is 5.92 Å². The number of carbonyl (C=O) groups is 7. The van der Waals surface area contributed by atoms with Gasteiger partial charge in [-0.3, -0.25) is 28.8 Å². The molecule has 0 spiro atoms. The summed E-state index contributed by atoms with van der Waals surface area (Å²) >= 11 is 18.0. The molecule has 0 fully saturated rings. The van der Waals surface area contributed by atoms with Crippen LogP contribution in [0.25, 0.3) is 0 Å². The Labute approximate surface area is 523 Å². The second-order valence-corrected chi connectivity index (χ2v) is 18.1. The van der Waals surface area contributed by atoms with Crippen LogP contribution in [0.5, 0.6) is 0 Å². The highest BCUT2D eigenvalue weighted by Gasteiger charge is 2.25. The summed E-state index contributed by atoms with van der Waals surface area (Å²) in [7, 11) is 1.09. The van der Waals surface area contributed by atoms with Crippen molar-refractivity contribution in [3.05, 3.63) is 0 Å². The Morgan fingerprint density at radius 3 is 1.33 bits per heavy atom. The Morgan fingerprint density at radius 2 is 0.907 bits per heavy atom. The predicted molar refractivity (Wildman–Crippen MR) is 353 cm³/mol. The van der Waals surface area contributed by atoms with Gasteiger partial charge in [-0.25, -0.2) is 4.79 Å². The highest BCUT2D eigenvalue weighted by molar-refractivity contribution is 8.70. The van der Waals surface area contributed by atoms with Gasteiger partial charge in [-0.15, -0.1) is 35.0 Å². The maximum Gasteiger partial charge on any atom is 0.326 e. The van der Waals surface area contributed by atoms with Crippen molar-refractivity contribution in [3.63, 3.8) is 0 Å². The number of hydrogen-bond acceptors (Lipinski definition) is 18. The standard InChI is InChI=1S/C43H77N3O14S3.CH4OS.CH4.H2S2.6H2S.H2/c47-34(22-23-36(42(55)56)46-37(48)20-13-11-9-7-5-3-1-2-4-6-8-10-12-14-21-40(51)52)18-17-26-57-28-30-59-33-39(50)45-25-27-58-29-31-60-32-38(49)44-24-16-15-19-35(41(53)54)43(61)63-62;2-1-3;;1-2;;;;;;;/h35-36,43,61-62H,1-33H2,(H,44,49)(H,45,50)(H,46,48)(H,51,52)(H,53,54)(H,55,56);2-3H,1H2;1H4;1-2H;6*1H2;1H/t35-,36-,43?;;;;;;;;;;/m0........../s1. The van der Waals surface area contributed by atoms with E-state index in [1.807, 2.05) is 0 Å². The number of rotatable bonds is 47. The largest absolute Gasteiger partial charge is 0.481 e. The molecule has 0 bridgehead atoms. The minimum atomic E-state index is -1.16. The zero-order valence-electron chi connectivity index (χ0n) is 42.7. The highest BCUT2D eigenvalue weighted by atomic mass is 33.1. The van der Waals surface area contributed by atoms with E-state index in [0.717, 1.165) is 49.3 Å². The zero-order valence-corrected chi connectivity index (χ0v) is 54.0. The second-order valence-electron chi connectivity index (χ2n) is 15.6. The van der Waals surface area contributed by atoms with E-state index in [2.05, 4.69) is 76.2 Å². The number of amides is 3. The van der Waals surface area contributed by atoms with Gasteiger partial charge in [0.15, 0.2) is 0 Å². The number of thiol groups is 5. The lowest BCUT2D eigenvalue weighted by Gasteiger charge is -2.16. The number of aliphatic carboxylic acids is 3. The van der Waals surface area contributed by atoms with Crippen LogP contribution in [0, 0.1) is 5.92 Å². The summed E-state index contributed by atoms with van der Waals surface area (Å²) in [6.45, 7) is 1.79. The van der Waals surface area contributed by atoms with E-state index < -0.39 is 34.4 Å². The molecule has 18 nitrogen and oxygen atoms in total. The van der Waals surface area contributed by atoms with E-state index in [1.54, 1.807) is 0 Å². The number of hydrogen-bond donors (Lipinski definition) is 12. The van der Waals surface area contributed by atoms with Crippen molar-refractivity contribution in [2.75, 3.05) is 71.9 Å². The lowest BCUT2D eigenvalue weighted by molar-refractivity contribution is -0.142. The predicted octanol–water partition coefficient (Wildman–Crippen LogP) is 8.20. The quantitative estimate of drug-likeness (QED) is 0.0118. The van der Waals surface area contributed by atoms with Crippen LogP contribution in [0.3, 0.4) is 0 Å². The molecular formula is C45H101N3O15S12. The number of unbranched alkanes of at least 4 members (excludes halogenated alkanes) is 14. The number of carboxylic acid groups (broad SMARTS) is 3. The molecule has 0 aromatic heterocycles. The number of ketones is 1.